The van der Waals surface area contributed by atoms with Gasteiger partial charge >= 0.3 is 5.97 Å². The molecule has 0 saturated carbocycles. The zero-order valence-electron chi connectivity index (χ0n) is 21.6. The van der Waals surface area contributed by atoms with E-state index in [1.807, 2.05) is 37.3 Å². The van der Waals surface area contributed by atoms with Crippen molar-refractivity contribution in [3.05, 3.63) is 113 Å². The number of aryl methyl sites for hydroxylation is 1. The summed E-state index contributed by atoms with van der Waals surface area (Å²) in [6.07, 6.45) is 0. The van der Waals surface area contributed by atoms with Crippen LogP contribution in [0.5, 0.6) is 0 Å². The Kier molecular flexibility index (Phi) is 8.17. The number of thiocarbonyl (C=S) groups is 1. The van der Waals surface area contributed by atoms with Gasteiger partial charge in [0, 0.05) is 36.6 Å². The molecular formula is C31H31N3O2S2. The smallest absolute Gasteiger partial charge is 0.341 e. The lowest BCUT2D eigenvalue weighted by Gasteiger charge is -2.40. The molecule has 1 fully saturated rings. The highest BCUT2D eigenvalue weighted by Gasteiger charge is 2.29. The average Bonchev–Trinajstić information content (AvgIpc) is 3.30. The first-order valence-corrected chi connectivity index (χ1v) is 14.0. The van der Waals surface area contributed by atoms with Gasteiger partial charge in [-0.3, -0.25) is 4.90 Å². The van der Waals surface area contributed by atoms with Crippen LogP contribution in [0.25, 0.3) is 11.1 Å². The molecule has 0 atom stereocenters. The van der Waals surface area contributed by atoms with Gasteiger partial charge in [0.25, 0.3) is 0 Å². The molecule has 38 heavy (non-hydrogen) atoms. The number of benzene rings is 3. The van der Waals surface area contributed by atoms with Crippen LogP contribution >= 0.6 is 23.6 Å². The number of piperazine rings is 1. The fourth-order valence-corrected chi connectivity index (χ4v) is 6.54. The SMILES string of the molecule is COC(=O)c1c(NC(=S)N2CCN(C(c3ccccc3)c3ccccc3)CC2)sc(C)c1-c1ccccc1. The molecule has 0 bridgehead atoms. The molecule has 4 aromatic rings. The Morgan fingerprint density at radius 1 is 0.868 bits per heavy atom. The van der Waals surface area contributed by atoms with Gasteiger partial charge in [-0.1, -0.05) is 91.0 Å². The summed E-state index contributed by atoms with van der Waals surface area (Å²) in [6.45, 7) is 5.37. The number of nitrogens with one attached hydrogen (secondary N) is 1. The third-order valence-electron chi connectivity index (χ3n) is 6.95. The molecule has 5 nitrogen and oxygen atoms in total. The molecule has 2 heterocycles. The van der Waals surface area contributed by atoms with E-state index in [4.69, 9.17) is 17.0 Å². The molecule has 0 aliphatic carbocycles. The molecule has 5 rings (SSSR count). The summed E-state index contributed by atoms with van der Waals surface area (Å²) in [6, 6.07) is 31.5. The molecule has 7 heteroatoms. The Bertz CT molecular complexity index is 1340. The van der Waals surface area contributed by atoms with Gasteiger partial charge in [0.2, 0.25) is 0 Å². The molecule has 0 radical (unpaired) electrons. The van der Waals surface area contributed by atoms with Crippen LogP contribution in [-0.4, -0.2) is 54.2 Å². The summed E-state index contributed by atoms with van der Waals surface area (Å²) in [4.78, 5) is 18.6. The number of ether oxygens (including phenoxy) is 1. The van der Waals surface area contributed by atoms with Crippen molar-refractivity contribution in [1.29, 1.82) is 0 Å². The fraction of sp³-hybridized carbons (Fsp3) is 0.226. The van der Waals surface area contributed by atoms with Gasteiger partial charge in [-0.2, -0.15) is 0 Å². The monoisotopic (exact) mass is 541 g/mol. The molecule has 0 spiro atoms. The number of anilines is 1. The average molecular weight is 542 g/mol. The van der Waals surface area contributed by atoms with E-state index >= 15 is 0 Å². The van der Waals surface area contributed by atoms with E-state index in [0.717, 1.165) is 47.2 Å². The highest BCUT2D eigenvalue weighted by atomic mass is 32.1. The van der Waals surface area contributed by atoms with Gasteiger partial charge in [-0.25, -0.2) is 4.79 Å². The number of nitrogens with zero attached hydrogens (tertiary/aromatic N) is 2. The summed E-state index contributed by atoms with van der Waals surface area (Å²) in [5.41, 5.74) is 5.00. The van der Waals surface area contributed by atoms with Crippen LogP contribution < -0.4 is 5.32 Å². The molecule has 1 saturated heterocycles. The minimum Gasteiger partial charge on any atom is -0.465 e. The Hall–Kier alpha value is -3.52. The Morgan fingerprint density at radius 3 is 1.92 bits per heavy atom. The third-order valence-corrected chi connectivity index (χ3v) is 8.33. The van der Waals surface area contributed by atoms with Crippen molar-refractivity contribution in [2.75, 3.05) is 38.6 Å². The van der Waals surface area contributed by atoms with Crippen molar-refractivity contribution in [3.63, 3.8) is 0 Å². The lowest BCUT2D eigenvalue weighted by atomic mass is 9.96. The van der Waals surface area contributed by atoms with Crippen LogP contribution in [0.15, 0.2) is 91.0 Å². The van der Waals surface area contributed by atoms with Gasteiger partial charge in [-0.15, -0.1) is 11.3 Å². The van der Waals surface area contributed by atoms with Crippen molar-refractivity contribution in [3.8, 4) is 11.1 Å². The maximum atomic E-state index is 12.9. The van der Waals surface area contributed by atoms with E-state index in [2.05, 4.69) is 75.8 Å². The second-order valence-electron chi connectivity index (χ2n) is 9.27. The second-order valence-corrected chi connectivity index (χ2v) is 10.9. The van der Waals surface area contributed by atoms with E-state index in [-0.39, 0.29) is 12.0 Å². The summed E-state index contributed by atoms with van der Waals surface area (Å²) in [7, 11) is 1.42. The number of thiophene rings is 1. The normalized spacial score (nSPS) is 13.9. The van der Waals surface area contributed by atoms with E-state index in [1.165, 1.54) is 29.6 Å². The Labute approximate surface area is 233 Å². The predicted octanol–water partition coefficient (Wildman–Crippen LogP) is 6.61. The molecule has 1 aliphatic rings. The first-order valence-electron chi connectivity index (χ1n) is 12.7. The largest absolute Gasteiger partial charge is 0.465 e. The zero-order valence-corrected chi connectivity index (χ0v) is 23.2. The van der Waals surface area contributed by atoms with Gasteiger partial charge in [0.05, 0.1) is 13.2 Å². The molecule has 3 aromatic carbocycles. The topological polar surface area (TPSA) is 44.8 Å². The summed E-state index contributed by atoms with van der Waals surface area (Å²) >= 11 is 7.39. The van der Waals surface area contributed by atoms with Gasteiger partial charge < -0.3 is 15.0 Å². The maximum Gasteiger partial charge on any atom is 0.341 e. The van der Waals surface area contributed by atoms with Crippen molar-refractivity contribution in [2.45, 2.75) is 13.0 Å². The molecule has 194 valence electrons. The molecule has 1 N–H and O–H groups in total. The lowest BCUT2D eigenvalue weighted by molar-refractivity contribution is 0.0603. The van der Waals surface area contributed by atoms with Gasteiger partial charge in [0.1, 0.15) is 10.6 Å². The van der Waals surface area contributed by atoms with Crippen molar-refractivity contribution in [2.24, 2.45) is 0 Å². The number of carbonyl (C=O) groups excluding carboxylic acids is 1. The second kappa shape index (κ2) is 11.9. The minimum absolute atomic E-state index is 0.195. The van der Waals surface area contributed by atoms with Crippen molar-refractivity contribution in [1.82, 2.24) is 9.80 Å². The lowest BCUT2D eigenvalue weighted by Crippen LogP contribution is -2.51. The van der Waals surface area contributed by atoms with Gasteiger partial charge in [0.15, 0.2) is 5.11 Å². The van der Waals surface area contributed by atoms with Crippen LogP contribution in [0, 0.1) is 6.92 Å². The first-order chi connectivity index (χ1) is 18.6. The fourth-order valence-electron chi connectivity index (χ4n) is 5.13. The number of methoxy groups -OCH3 is 1. The molecule has 0 unspecified atom stereocenters. The Balaban J connectivity index is 1.33. The number of hydrogen-bond donors (Lipinski definition) is 1. The minimum atomic E-state index is -0.364. The van der Waals surface area contributed by atoms with Crippen LogP contribution in [0.1, 0.15) is 32.4 Å². The van der Waals surface area contributed by atoms with E-state index in [0.29, 0.717) is 10.7 Å². The number of esters is 1. The van der Waals surface area contributed by atoms with Crippen molar-refractivity contribution < 1.29 is 9.53 Å². The molecule has 1 aromatic heterocycles. The number of hydrogen-bond acceptors (Lipinski definition) is 5. The molecule has 0 amide bonds. The van der Waals surface area contributed by atoms with E-state index < -0.39 is 0 Å². The maximum absolute atomic E-state index is 12.9. The highest BCUT2D eigenvalue weighted by molar-refractivity contribution is 7.80. The summed E-state index contributed by atoms with van der Waals surface area (Å²) in [5, 5.41) is 4.75. The van der Waals surface area contributed by atoms with Crippen LogP contribution in [0.2, 0.25) is 0 Å². The zero-order chi connectivity index (χ0) is 26.5. The summed E-state index contributed by atoms with van der Waals surface area (Å²) < 4.78 is 5.17. The van der Waals surface area contributed by atoms with E-state index in [1.54, 1.807) is 0 Å². The molecular weight excluding hydrogens is 510 g/mol. The van der Waals surface area contributed by atoms with Crippen LogP contribution in [0.3, 0.4) is 0 Å². The Morgan fingerprint density at radius 2 is 1.39 bits per heavy atom. The van der Waals surface area contributed by atoms with Crippen molar-refractivity contribution >= 4 is 39.6 Å². The van der Waals surface area contributed by atoms with E-state index in [9.17, 15) is 4.79 Å². The third kappa shape index (κ3) is 5.50. The van der Waals surface area contributed by atoms with Crippen LogP contribution in [-0.2, 0) is 4.74 Å². The first kappa shape index (κ1) is 26.1. The number of rotatable bonds is 6. The number of carbonyl (C=O) groups is 1. The summed E-state index contributed by atoms with van der Waals surface area (Å²) in [5.74, 6) is -0.364. The highest BCUT2D eigenvalue weighted by Crippen LogP contribution is 2.40. The van der Waals surface area contributed by atoms with Gasteiger partial charge in [-0.05, 0) is 35.8 Å². The standard InChI is InChI=1S/C31H31N3O2S2/c1-22-26(23-12-6-3-7-13-23)27(30(35)36-2)29(38-22)32-31(37)34-20-18-33(19-21-34)28(24-14-8-4-9-15-24)25-16-10-5-11-17-25/h3-17,28H,18-21H2,1-2H3,(H,32,37). The predicted molar refractivity (Wildman–Crippen MR) is 160 cm³/mol. The quantitative estimate of drug-likeness (QED) is 0.219. The molecule has 1 aliphatic heterocycles. The van der Waals surface area contributed by atoms with Crippen LogP contribution in [0.4, 0.5) is 5.00 Å².